The van der Waals surface area contributed by atoms with Crippen LogP contribution < -0.4 is 5.32 Å². The van der Waals surface area contributed by atoms with Crippen molar-refractivity contribution in [1.82, 2.24) is 15.2 Å². The molecule has 1 aromatic carbocycles. The fraction of sp³-hybridized carbons (Fsp3) is 0.133. The third kappa shape index (κ3) is 2.25. The van der Waals surface area contributed by atoms with Gasteiger partial charge in [0.05, 0.1) is 17.4 Å². The first-order chi connectivity index (χ1) is 9.63. The van der Waals surface area contributed by atoms with Gasteiger partial charge in [-0.05, 0) is 38.1 Å². The molecular weight excluding hydrogens is 252 g/mol. The van der Waals surface area contributed by atoms with E-state index in [0.29, 0.717) is 11.4 Å². The number of H-pyrrole nitrogens is 1. The number of pyridine rings is 1. The maximum Gasteiger partial charge on any atom is 0.276 e. The molecule has 5 nitrogen and oxygen atoms in total. The second-order valence-corrected chi connectivity index (χ2v) is 4.76. The first kappa shape index (κ1) is 12.3. The molecule has 20 heavy (non-hydrogen) atoms. The van der Waals surface area contributed by atoms with Crippen LogP contribution in [0.2, 0.25) is 0 Å². The Kier molecular flexibility index (Phi) is 2.95. The van der Waals surface area contributed by atoms with Crippen LogP contribution in [0.15, 0.2) is 36.5 Å². The molecule has 2 N–H and O–H groups in total. The molecule has 0 atom stereocenters. The van der Waals surface area contributed by atoms with E-state index in [9.17, 15) is 4.79 Å². The first-order valence-corrected chi connectivity index (χ1v) is 6.32. The molecule has 0 bridgehead atoms. The van der Waals surface area contributed by atoms with Crippen molar-refractivity contribution in [3.05, 3.63) is 53.5 Å². The van der Waals surface area contributed by atoms with Crippen molar-refractivity contribution in [1.29, 1.82) is 0 Å². The summed E-state index contributed by atoms with van der Waals surface area (Å²) < 4.78 is 0. The topological polar surface area (TPSA) is 70.7 Å². The van der Waals surface area contributed by atoms with E-state index < -0.39 is 0 Å². The van der Waals surface area contributed by atoms with E-state index in [1.807, 2.05) is 44.2 Å². The van der Waals surface area contributed by atoms with Gasteiger partial charge in [-0.1, -0.05) is 11.6 Å². The monoisotopic (exact) mass is 266 g/mol. The van der Waals surface area contributed by atoms with Gasteiger partial charge in [-0.2, -0.15) is 5.10 Å². The minimum absolute atomic E-state index is 0.243. The van der Waals surface area contributed by atoms with Crippen molar-refractivity contribution >= 4 is 22.5 Å². The number of aryl methyl sites for hydroxylation is 2. The van der Waals surface area contributed by atoms with Crippen LogP contribution in [0.5, 0.6) is 0 Å². The Morgan fingerprint density at radius 2 is 2.05 bits per heavy atom. The summed E-state index contributed by atoms with van der Waals surface area (Å²) in [5, 5.41) is 10.6. The fourth-order valence-electron chi connectivity index (χ4n) is 2.03. The van der Waals surface area contributed by atoms with Crippen molar-refractivity contribution in [2.24, 2.45) is 0 Å². The van der Waals surface area contributed by atoms with E-state index in [-0.39, 0.29) is 5.91 Å². The molecule has 0 spiro atoms. The maximum absolute atomic E-state index is 12.3. The van der Waals surface area contributed by atoms with Gasteiger partial charge in [-0.15, -0.1) is 0 Å². The minimum Gasteiger partial charge on any atom is -0.319 e. The zero-order valence-electron chi connectivity index (χ0n) is 11.3. The van der Waals surface area contributed by atoms with Crippen molar-refractivity contribution in [3.63, 3.8) is 0 Å². The standard InChI is InChI=1S/C15H14N4O/c1-9-3-6-13-12(7-9)14(19-18-13)15(20)17-11-5-4-10(2)16-8-11/h3-8H,1-2H3,(H,17,20)(H,18,19). The second-order valence-electron chi connectivity index (χ2n) is 4.76. The normalized spacial score (nSPS) is 10.7. The molecule has 0 aliphatic rings. The van der Waals surface area contributed by atoms with Gasteiger partial charge in [0.15, 0.2) is 5.69 Å². The van der Waals surface area contributed by atoms with Gasteiger partial charge in [0.2, 0.25) is 0 Å². The molecule has 3 rings (SSSR count). The van der Waals surface area contributed by atoms with E-state index in [1.165, 1.54) is 0 Å². The Bertz CT molecular complexity index is 774. The molecule has 1 amide bonds. The highest BCUT2D eigenvalue weighted by atomic mass is 16.1. The number of carbonyl (C=O) groups excluding carboxylic acids is 1. The van der Waals surface area contributed by atoms with Gasteiger partial charge in [0, 0.05) is 11.1 Å². The molecule has 3 aromatic rings. The Labute approximate surface area is 116 Å². The maximum atomic E-state index is 12.3. The average Bonchev–Trinajstić information content (AvgIpc) is 2.84. The predicted molar refractivity (Wildman–Crippen MR) is 77.8 cm³/mol. The Balaban J connectivity index is 1.92. The number of rotatable bonds is 2. The number of carbonyl (C=O) groups is 1. The number of fused-ring (bicyclic) bond motifs is 1. The molecule has 0 radical (unpaired) electrons. The lowest BCUT2D eigenvalue weighted by Crippen LogP contribution is -2.13. The summed E-state index contributed by atoms with van der Waals surface area (Å²) in [6.45, 7) is 3.88. The number of nitrogens with one attached hydrogen (secondary N) is 2. The highest BCUT2D eigenvalue weighted by Crippen LogP contribution is 2.18. The van der Waals surface area contributed by atoms with Crippen molar-refractivity contribution < 1.29 is 4.79 Å². The average molecular weight is 266 g/mol. The van der Waals surface area contributed by atoms with E-state index in [1.54, 1.807) is 6.20 Å². The van der Waals surface area contributed by atoms with E-state index >= 15 is 0 Å². The van der Waals surface area contributed by atoms with Crippen LogP contribution in [0, 0.1) is 13.8 Å². The first-order valence-electron chi connectivity index (χ1n) is 6.32. The Morgan fingerprint density at radius 1 is 1.20 bits per heavy atom. The second kappa shape index (κ2) is 4.77. The number of aromatic nitrogens is 3. The summed E-state index contributed by atoms with van der Waals surface area (Å²) >= 11 is 0. The van der Waals surface area contributed by atoms with E-state index in [2.05, 4.69) is 20.5 Å². The third-order valence-corrected chi connectivity index (χ3v) is 3.10. The predicted octanol–water partition coefficient (Wildman–Crippen LogP) is 2.83. The SMILES string of the molecule is Cc1ccc2[nH]nc(C(=O)Nc3ccc(C)nc3)c2c1. The summed E-state index contributed by atoms with van der Waals surface area (Å²) in [4.78, 5) is 16.4. The lowest BCUT2D eigenvalue weighted by atomic mass is 10.1. The zero-order valence-corrected chi connectivity index (χ0v) is 11.3. The number of anilines is 1. The van der Waals surface area contributed by atoms with Gasteiger partial charge in [-0.3, -0.25) is 14.9 Å². The molecule has 0 fully saturated rings. The van der Waals surface area contributed by atoms with Crippen molar-refractivity contribution in [2.45, 2.75) is 13.8 Å². The lowest BCUT2D eigenvalue weighted by Gasteiger charge is -2.03. The Hall–Kier alpha value is -2.69. The number of benzene rings is 1. The molecule has 100 valence electrons. The highest BCUT2D eigenvalue weighted by molar-refractivity contribution is 6.11. The van der Waals surface area contributed by atoms with Crippen LogP contribution in [0.3, 0.4) is 0 Å². The van der Waals surface area contributed by atoms with Gasteiger partial charge >= 0.3 is 0 Å². The molecule has 2 heterocycles. The summed E-state index contributed by atoms with van der Waals surface area (Å²) in [6, 6.07) is 9.51. The van der Waals surface area contributed by atoms with E-state index in [0.717, 1.165) is 22.2 Å². The summed E-state index contributed by atoms with van der Waals surface area (Å²) in [5.41, 5.74) is 3.89. The van der Waals surface area contributed by atoms with Crippen LogP contribution in [0.25, 0.3) is 10.9 Å². The van der Waals surface area contributed by atoms with Crippen LogP contribution in [0.1, 0.15) is 21.7 Å². The lowest BCUT2D eigenvalue weighted by molar-refractivity contribution is 0.102. The third-order valence-electron chi connectivity index (χ3n) is 3.10. The van der Waals surface area contributed by atoms with Gasteiger partial charge in [0.25, 0.3) is 5.91 Å². The molecule has 0 saturated carbocycles. The summed E-state index contributed by atoms with van der Waals surface area (Å²) in [7, 11) is 0. The van der Waals surface area contributed by atoms with E-state index in [4.69, 9.17) is 0 Å². The van der Waals surface area contributed by atoms with Gasteiger partial charge in [0.1, 0.15) is 0 Å². The molecule has 0 unspecified atom stereocenters. The largest absolute Gasteiger partial charge is 0.319 e. The highest BCUT2D eigenvalue weighted by Gasteiger charge is 2.14. The fourth-order valence-corrected chi connectivity index (χ4v) is 2.03. The summed E-state index contributed by atoms with van der Waals surface area (Å²) in [5.74, 6) is -0.243. The number of nitrogens with zero attached hydrogens (tertiary/aromatic N) is 2. The molecule has 0 aliphatic heterocycles. The quantitative estimate of drug-likeness (QED) is 0.749. The minimum atomic E-state index is -0.243. The van der Waals surface area contributed by atoms with Crippen LogP contribution in [0.4, 0.5) is 5.69 Å². The Morgan fingerprint density at radius 3 is 2.80 bits per heavy atom. The van der Waals surface area contributed by atoms with Gasteiger partial charge in [-0.25, -0.2) is 0 Å². The van der Waals surface area contributed by atoms with Crippen LogP contribution in [-0.4, -0.2) is 21.1 Å². The molecule has 5 heteroatoms. The molecule has 0 saturated heterocycles. The van der Waals surface area contributed by atoms with Gasteiger partial charge < -0.3 is 5.32 Å². The van der Waals surface area contributed by atoms with Crippen molar-refractivity contribution in [3.8, 4) is 0 Å². The number of amides is 1. The molecule has 0 aliphatic carbocycles. The zero-order chi connectivity index (χ0) is 14.1. The number of hydrogen-bond acceptors (Lipinski definition) is 3. The summed E-state index contributed by atoms with van der Waals surface area (Å²) in [6.07, 6.45) is 1.63. The van der Waals surface area contributed by atoms with Crippen LogP contribution in [-0.2, 0) is 0 Å². The van der Waals surface area contributed by atoms with Crippen molar-refractivity contribution in [2.75, 3.05) is 5.32 Å². The van der Waals surface area contributed by atoms with Crippen LogP contribution >= 0.6 is 0 Å². The number of hydrogen-bond donors (Lipinski definition) is 2. The molecular formula is C15H14N4O. The molecule has 2 aromatic heterocycles. The number of aromatic amines is 1. The smallest absolute Gasteiger partial charge is 0.276 e.